The summed E-state index contributed by atoms with van der Waals surface area (Å²) in [5, 5.41) is 71.7. The number of aliphatic hydroxyl groups excluding tert-OH is 7. The van der Waals surface area contributed by atoms with Crippen molar-refractivity contribution in [2.45, 2.75) is 242 Å². The molecule has 14 nitrogen and oxygen atoms in total. The predicted molar refractivity (Wildman–Crippen MR) is 220 cm³/mol. The average molecular weight is 837 g/mol. The molecule has 0 aromatic rings. The van der Waals surface area contributed by atoms with Crippen molar-refractivity contribution < 1.29 is 69.0 Å². The van der Waals surface area contributed by atoms with Gasteiger partial charge in [-0.25, -0.2) is 0 Å². The van der Waals surface area contributed by atoms with E-state index in [4.69, 9.17) is 28.4 Å². The third-order valence-electron chi connectivity index (χ3n) is 11.4. The zero-order valence-electron chi connectivity index (χ0n) is 36.1. The van der Waals surface area contributed by atoms with Crippen molar-refractivity contribution in [1.82, 2.24) is 0 Å². The molecule has 344 valence electrons. The largest absolute Gasteiger partial charge is 0.457 e. The van der Waals surface area contributed by atoms with Gasteiger partial charge in [-0.3, -0.25) is 4.79 Å². The van der Waals surface area contributed by atoms with E-state index in [0.717, 1.165) is 38.5 Å². The lowest BCUT2D eigenvalue weighted by Gasteiger charge is -2.42. The number of hydrogen-bond donors (Lipinski definition) is 7. The lowest BCUT2D eigenvalue weighted by molar-refractivity contribution is -0.332. The van der Waals surface area contributed by atoms with E-state index in [1.165, 1.54) is 109 Å². The molecule has 11 atom stereocenters. The molecule has 0 aromatic carbocycles. The number of unbranched alkanes of at least 4 members (excludes halogenated alkanes) is 22. The van der Waals surface area contributed by atoms with Gasteiger partial charge < -0.3 is 64.2 Å². The average Bonchev–Trinajstić information content (AvgIpc) is 3.22. The topological polar surface area (TPSA) is 214 Å². The van der Waals surface area contributed by atoms with Crippen LogP contribution in [0.15, 0.2) is 0 Å². The monoisotopic (exact) mass is 837 g/mol. The van der Waals surface area contributed by atoms with E-state index in [-0.39, 0.29) is 25.6 Å². The van der Waals surface area contributed by atoms with Gasteiger partial charge in [-0.2, -0.15) is 0 Å². The number of carbonyl (C=O) groups is 1. The van der Waals surface area contributed by atoms with E-state index in [1.807, 2.05) is 0 Å². The highest BCUT2D eigenvalue weighted by Gasteiger charge is 2.47. The number of rotatable bonds is 36. The standard InChI is InChI=1S/C44H84O14/c1-3-5-7-9-11-12-13-14-15-16-17-18-19-20-21-22-23-25-27-36(46)56-33(30-53-28-26-24-10-8-6-4-2)31-54-43-42(52)40(50)38(48)35(58-43)32-55-44-41(51)39(49)37(47)34(29-45)57-44/h33-35,37-45,47-52H,3-32H2,1-2H3. The van der Waals surface area contributed by atoms with Crippen LogP contribution in [0.2, 0.25) is 0 Å². The van der Waals surface area contributed by atoms with Crippen LogP contribution >= 0.6 is 0 Å². The molecule has 0 radical (unpaired) electrons. The van der Waals surface area contributed by atoms with Crippen molar-refractivity contribution in [3.8, 4) is 0 Å². The van der Waals surface area contributed by atoms with Crippen LogP contribution in [0.5, 0.6) is 0 Å². The van der Waals surface area contributed by atoms with Gasteiger partial charge in [0.1, 0.15) is 54.9 Å². The molecular weight excluding hydrogens is 752 g/mol. The minimum Gasteiger partial charge on any atom is -0.457 e. The maximum atomic E-state index is 12.9. The second-order valence-electron chi connectivity index (χ2n) is 16.6. The Morgan fingerprint density at radius 1 is 0.500 bits per heavy atom. The first kappa shape index (κ1) is 53.1. The van der Waals surface area contributed by atoms with Crippen LogP contribution in [0.25, 0.3) is 0 Å². The molecule has 2 aliphatic heterocycles. The molecule has 0 saturated carbocycles. The molecule has 2 rings (SSSR count). The van der Waals surface area contributed by atoms with E-state index < -0.39 is 80.7 Å². The molecular formula is C44H84O14. The first-order chi connectivity index (χ1) is 28.1. The molecule has 2 aliphatic rings. The number of hydrogen-bond acceptors (Lipinski definition) is 14. The highest BCUT2D eigenvalue weighted by Crippen LogP contribution is 2.26. The van der Waals surface area contributed by atoms with Gasteiger partial charge in [0.25, 0.3) is 0 Å². The van der Waals surface area contributed by atoms with Crippen molar-refractivity contribution in [3.05, 3.63) is 0 Å². The smallest absolute Gasteiger partial charge is 0.306 e. The van der Waals surface area contributed by atoms with Crippen molar-refractivity contribution in [3.63, 3.8) is 0 Å². The van der Waals surface area contributed by atoms with Crippen molar-refractivity contribution in [1.29, 1.82) is 0 Å². The molecule has 7 N–H and O–H groups in total. The highest BCUT2D eigenvalue weighted by molar-refractivity contribution is 5.69. The normalized spacial score (nSPS) is 28.2. The van der Waals surface area contributed by atoms with Crippen LogP contribution in [-0.2, 0) is 33.2 Å². The van der Waals surface area contributed by atoms with E-state index in [9.17, 15) is 40.5 Å². The Balaban J connectivity index is 1.73. The van der Waals surface area contributed by atoms with Crippen LogP contribution in [0.1, 0.15) is 174 Å². The summed E-state index contributed by atoms with van der Waals surface area (Å²) in [4.78, 5) is 12.9. The Kier molecular flexibility index (Phi) is 30.8. The second-order valence-corrected chi connectivity index (χ2v) is 16.6. The fourth-order valence-corrected chi connectivity index (χ4v) is 7.52. The SMILES string of the molecule is CCCCCCCCCCCCCCCCCCCCC(=O)OC(COCCCCCCCC)COC1OC(COC2OC(CO)C(O)C(O)C2O)C(O)C(O)C1O. The van der Waals surface area contributed by atoms with Gasteiger partial charge in [0.15, 0.2) is 12.6 Å². The van der Waals surface area contributed by atoms with Crippen LogP contribution < -0.4 is 0 Å². The molecule has 0 aliphatic carbocycles. The lowest BCUT2D eigenvalue weighted by Crippen LogP contribution is -2.61. The first-order valence-electron chi connectivity index (χ1n) is 23.1. The maximum absolute atomic E-state index is 12.9. The minimum atomic E-state index is -1.70. The second kappa shape index (κ2) is 33.6. The summed E-state index contributed by atoms with van der Waals surface area (Å²) in [6.45, 7) is 3.65. The van der Waals surface area contributed by atoms with E-state index in [2.05, 4.69) is 13.8 Å². The van der Waals surface area contributed by atoms with Gasteiger partial charge in [0, 0.05) is 13.0 Å². The molecule has 2 heterocycles. The molecule has 2 saturated heterocycles. The fourth-order valence-electron chi connectivity index (χ4n) is 7.52. The van der Waals surface area contributed by atoms with Gasteiger partial charge in [0.2, 0.25) is 0 Å². The third kappa shape index (κ3) is 22.2. The molecule has 0 spiro atoms. The maximum Gasteiger partial charge on any atom is 0.306 e. The van der Waals surface area contributed by atoms with Crippen LogP contribution in [0.4, 0.5) is 0 Å². The van der Waals surface area contributed by atoms with Crippen LogP contribution in [-0.4, -0.2) is 142 Å². The molecule has 0 aromatic heterocycles. The number of aliphatic hydroxyl groups is 7. The van der Waals surface area contributed by atoms with Crippen LogP contribution in [0, 0.1) is 0 Å². The van der Waals surface area contributed by atoms with Gasteiger partial charge >= 0.3 is 5.97 Å². The number of carbonyl (C=O) groups excluding carboxylic acids is 1. The van der Waals surface area contributed by atoms with Gasteiger partial charge in [-0.15, -0.1) is 0 Å². The van der Waals surface area contributed by atoms with Gasteiger partial charge in [0.05, 0.1) is 26.4 Å². The van der Waals surface area contributed by atoms with Crippen LogP contribution in [0.3, 0.4) is 0 Å². The molecule has 0 amide bonds. The number of ether oxygens (including phenoxy) is 6. The van der Waals surface area contributed by atoms with Crippen molar-refractivity contribution >= 4 is 5.97 Å². The van der Waals surface area contributed by atoms with Crippen molar-refractivity contribution in [2.75, 3.05) is 33.0 Å². The van der Waals surface area contributed by atoms with Gasteiger partial charge in [-0.1, -0.05) is 155 Å². The van der Waals surface area contributed by atoms with E-state index in [1.54, 1.807) is 0 Å². The first-order valence-corrected chi connectivity index (χ1v) is 23.1. The fraction of sp³-hybridized carbons (Fsp3) is 0.977. The Hall–Kier alpha value is -1.01. The summed E-state index contributed by atoms with van der Waals surface area (Å²) in [7, 11) is 0. The zero-order chi connectivity index (χ0) is 42.4. The number of esters is 1. The predicted octanol–water partition coefficient (Wildman–Crippen LogP) is 5.35. The quantitative estimate of drug-likeness (QED) is 0.0313. The Morgan fingerprint density at radius 2 is 0.914 bits per heavy atom. The molecule has 58 heavy (non-hydrogen) atoms. The summed E-state index contributed by atoms with van der Waals surface area (Å²) >= 11 is 0. The van der Waals surface area contributed by atoms with E-state index in [0.29, 0.717) is 13.0 Å². The Labute approximate surface area is 349 Å². The zero-order valence-corrected chi connectivity index (χ0v) is 36.1. The molecule has 0 bridgehead atoms. The Bertz CT molecular complexity index is 975. The molecule has 14 heteroatoms. The Morgan fingerprint density at radius 3 is 1.40 bits per heavy atom. The summed E-state index contributed by atoms with van der Waals surface area (Å²) in [5.74, 6) is -0.375. The lowest BCUT2D eigenvalue weighted by atomic mass is 9.98. The van der Waals surface area contributed by atoms with Crippen molar-refractivity contribution in [2.24, 2.45) is 0 Å². The third-order valence-corrected chi connectivity index (χ3v) is 11.4. The summed E-state index contributed by atoms with van der Waals surface area (Å²) in [6.07, 6.45) is 13.5. The summed E-state index contributed by atoms with van der Waals surface area (Å²) in [6, 6.07) is 0. The molecule has 11 unspecified atom stereocenters. The van der Waals surface area contributed by atoms with Gasteiger partial charge in [-0.05, 0) is 12.8 Å². The highest BCUT2D eigenvalue weighted by atomic mass is 16.7. The van der Waals surface area contributed by atoms with E-state index >= 15 is 0 Å². The summed E-state index contributed by atoms with van der Waals surface area (Å²) in [5.41, 5.74) is 0. The summed E-state index contributed by atoms with van der Waals surface area (Å²) < 4.78 is 34.0. The molecule has 2 fully saturated rings. The minimum absolute atomic E-state index is 0.0669.